The molecule has 2 aromatic rings. The van der Waals surface area contributed by atoms with E-state index in [2.05, 4.69) is 26.6 Å². The molecule has 0 aliphatic carbocycles. The van der Waals surface area contributed by atoms with Crippen LogP contribution in [-0.4, -0.2) is 24.4 Å². The van der Waals surface area contributed by atoms with Gasteiger partial charge in [-0.2, -0.15) is 0 Å². The molecule has 0 spiro atoms. The average molecular weight is 454 g/mol. The highest BCUT2D eigenvalue weighted by atomic mass is 79.9. The van der Waals surface area contributed by atoms with Crippen molar-refractivity contribution in [2.24, 2.45) is 0 Å². The lowest BCUT2D eigenvalue weighted by Crippen LogP contribution is -2.21. The Morgan fingerprint density at radius 1 is 0.963 bits per heavy atom. The summed E-state index contributed by atoms with van der Waals surface area (Å²) in [6, 6.07) is 12.2. The number of carbonyl (C=O) groups excluding carboxylic acids is 3. The number of anilines is 2. The summed E-state index contributed by atoms with van der Waals surface area (Å²) in [6.07, 6.45) is -0.147. The fourth-order valence-electron chi connectivity index (χ4n) is 2.07. The first kappa shape index (κ1) is 20.9. The number of aryl methyl sites for hydroxylation is 1. The van der Waals surface area contributed by atoms with E-state index >= 15 is 0 Å². The molecule has 8 heteroatoms. The van der Waals surface area contributed by atoms with Crippen molar-refractivity contribution in [1.29, 1.82) is 0 Å². The van der Waals surface area contributed by atoms with Crippen LogP contribution in [0.1, 0.15) is 18.4 Å². The molecule has 2 N–H and O–H groups in total. The molecule has 0 heterocycles. The number of nitrogens with one attached hydrogen (secondary N) is 2. The summed E-state index contributed by atoms with van der Waals surface area (Å²) in [4.78, 5) is 35.3. The maximum Gasteiger partial charge on any atom is 0.306 e. The number of ether oxygens (including phenoxy) is 1. The molecule has 0 unspecified atom stereocenters. The minimum Gasteiger partial charge on any atom is -0.456 e. The minimum absolute atomic E-state index is 0.0311. The number of rotatable bonds is 7. The molecule has 142 valence electrons. The Labute approximate surface area is 170 Å². The van der Waals surface area contributed by atoms with Crippen LogP contribution in [0.5, 0.6) is 0 Å². The van der Waals surface area contributed by atoms with E-state index < -0.39 is 18.5 Å². The van der Waals surface area contributed by atoms with Gasteiger partial charge in [-0.15, -0.1) is 0 Å². The molecule has 2 rings (SSSR count). The van der Waals surface area contributed by atoms with Crippen molar-refractivity contribution in [2.75, 3.05) is 17.2 Å². The smallest absolute Gasteiger partial charge is 0.306 e. The molecule has 0 atom stereocenters. The van der Waals surface area contributed by atoms with Crippen molar-refractivity contribution < 1.29 is 19.1 Å². The van der Waals surface area contributed by atoms with Crippen molar-refractivity contribution in [3.05, 3.63) is 57.5 Å². The van der Waals surface area contributed by atoms with Crippen LogP contribution in [-0.2, 0) is 19.1 Å². The maximum atomic E-state index is 11.8. The summed E-state index contributed by atoms with van der Waals surface area (Å²) in [5.41, 5.74) is 2.23. The predicted molar refractivity (Wildman–Crippen MR) is 108 cm³/mol. The fourth-order valence-corrected chi connectivity index (χ4v) is 2.49. The van der Waals surface area contributed by atoms with Crippen LogP contribution in [0.2, 0.25) is 5.02 Å². The summed E-state index contributed by atoms with van der Waals surface area (Å²) in [5.74, 6) is -1.42. The second kappa shape index (κ2) is 10.1. The molecule has 0 radical (unpaired) electrons. The van der Waals surface area contributed by atoms with Gasteiger partial charge in [0.2, 0.25) is 5.91 Å². The van der Waals surface area contributed by atoms with Gasteiger partial charge < -0.3 is 15.4 Å². The maximum absolute atomic E-state index is 11.8. The third-order valence-electron chi connectivity index (χ3n) is 3.46. The number of hydrogen-bond donors (Lipinski definition) is 2. The molecule has 0 saturated heterocycles. The highest BCUT2D eigenvalue weighted by Crippen LogP contribution is 2.25. The Hall–Kier alpha value is -2.38. The Bertz CT molecular complexity index is 840. The highest BCUT2D eigenvalue weighted by molar-refractivity contribution is 9.10. The minimum atomic E-state index is -0.627. The standard InChI is InChI=1S/C19H18BrClN2O4/c1-12-2-4-13(5-3-12)22-17(24)8-9-19(26)27-11-18(25)23-14-6-7-15(20)16(21)10-14/h2-7,10H,8-9,11H2,1H3,(H,22,24)(H,23,25). The molecule has 0 aliphatic heterocycles. The quantitative estimate of drug-likeness (QED) is 0.612. The molecule has 0 aliphatic rings. The van der Waals surface area contributed by atoms with Gasteiger partial charge in [-0.25, -0.2) is 0 Å². The average Bonchev–Trinajstić information content (AvgIpc) is 2.63. The summed E-state index contributed by atoms with van der Waals surface area (Å²) in [6.45, 7) is 1.51. The van der Waals surface area contributed by atoms with Gasteiger partial charge >= 0.3 is 5.97 Å². The Morgan fingerprint density at radius 3 is 2.26 bits per heavy atom. The molecule has 2 amide bonds. The summed E-state index contributed by atoms with van der Waals surface area (Å²) < 4.78 is 5.58. The van der Waals surface area contributed by atoms with Gasteiger partial charge in [-0.1, -0.05) is 29.3 Å². The first-order chi connectivity index (χ1) is 12.8. The zero-order valence-electron chi connectivity index (χ0n) is 14.6. The molecule has 27 heavy (non-hydrogen) atoms. The third kappa shape index (κ3) is 7.40. The van der Waals surface area contributed by atoms with E-state index in [1.165, 1.54) is 0 Å². The second-order valence-electron chi connectivity index (χ2n) is 5.75. The molecular formula is C19H18BrClN2O4. The van der Waals surface area contributed by atoms with Crippen LogP contribution in [0.15, 0.2) is 46.9 Å². The van der Waals surface area contributed by atoms with E-state index in [0.29, 0.717) is 20.9 Å². The van der Waals surface area contributed by atoms with E-state index in [1.54, 1.807) is 30.3 Å². The molecule has 0 saturated carbocycles. The number of benzene rings is 2. The third-order valence-corrected chi connectivity index (χ3v) is 4.69. The van der Waals surface area contributed by atoms with Crippen molar-refractivity contribution in [3.8, 4) is 0 Å². The number of halogens is 2. The topological polar surface area (TPSA) is 84.5 Å². The van der Waals surface area contributed by atoms with Crippen LogP contribution < -0.4 is 10.6 Å². The van der Waals surface area contributed by atoms with Crippen molar-refractivity contribution in [2.45, 2.75) is 19.8 Å². The first-order valence-electron chi connectivity index (χ1n) is 8.10. The van der Waals surface area contributed by atoms with Gasteiger partial charge in [0.25, 0.3) is 5.91 Å². The largest absolute Gasteiger partial charge is 0.456 e. The number of esters is 1. The lowest BCUT2D eigenvalue weighted by molar-refractivity contribution is -0.147. The number of hydrogen-bond acceptors (Lipinski definition) is 4. The lowest BCUT2D eigenvalue weighted by Gasteiger charge is -2.08. The molecule has 6 nitrogen and oxygen atoms in total. The fraction of sp³-hybridized carbons (Fsp3) is 0.211. The molecular weight excluding hydrogens is 436 g/mol. The lowest BCUT2D eigenvalue weighted by atomic mass is 10.2. The van der Waals surface area contributed by atoms with Gasteiger partial charge in [0.1, 0.15) is 0 Å². The normalized spacial score (nSPS) is 10.2. The molecule has 0 bridgehead atoms. The number of carbonyl (C=O) groups is 3. The van der Waals surface area contributed by atoms with Crippen LogP contribution in [0.25, 0.3) is 0 Å². The van der Waals surface area contributed by atoms with E-state index in [4.69, 9.17) is 16.3 Å². The predicted octanol–water partition coefficient (Wildman–Crippen LogP) is 4.31. The van der Waals surface area contributed by atoms with Gasteiger partial charge in [-0.05, 0) is 53.2 Å². The second-order valence-corrected chi connectivity index (χ2v) is 7.01. The summed E-state index contributed by atoms with van der Waals surface area (Å²) in [5, 5.41) is 5.70. The van der Waals surface area contributed by atoms with Crippen LogP contribution in [0.4, 0.5) is 11.4 Å². The van der Waals surface area contributed by atoms with E-state index in [0.717, 1.165) is 5.56 Å². The monoisotopic (exact) mass is 452 g/mol. The molecule has 0 aromatic heterocycles. The zero-order valence-corrected chi connectivity index (χ0v) is 16.9. The Morgan fingerprint density at radius 2 is 1.59 bits per heavy atom. The van der Waals surface area contributed by atoms with E-state index in [-0.39, 0.29) is 18.7 Å². The van der Waals surface area contributed by atoms with Crippen LogP contribution in [0.3, 0.4) is 0 Å². The van der Waals surface area contributed by atoms with Gasteiger partial charge in [0.05, 0.1) is 11.4 Å². The molecule has 0 fully saturated rings. The highest BCUT2D eigenvalue weighted by Gasteiger charge is 2.11. The van der Waals surface area contributed by atoms with Crippen molar-refractivity contribution in [3.63, 3.8) is 0 Å². The van der Waals surface area contributed by atoms with Gasteiger partial charge in [0.15, 0.2) is 6.61 Å². The Balaban J connectivity index is 1.69. The van der Waals surface area contributed by atoms with Crippen molar-refractivity contribution >= 4 is 56.7 Å². The Kier molecular flexibility index (Phi) is 7.82. The van der Waals surface area contributed by atoms with Crippen molar-refractivity contribution in [1.82, 2.24) is 0 Å². The van der Waals surface area contributed by atoms with E-state index in [9.17, 15) is 14.4 Å². The SMILES string of the molecule is Cc1ccc(NC(=O)CCC(=O)OCC(=O)Nc2ccc(Br)c(Cl)c2)cc1. The van der Waals surface area contributed by atoms with Crippen LogP contribution >= 0.6 is 27.5 Å². The zero-order chi connectivity index (χ0) is 19.8. The van der Waals surface area contributed by atoms with Gasteiger partial charge in [0, 0.05) is 22.3 Å². The van der Waals surface area contributed by atoms with Crippen LogP contribution in [0, 0.1) is 6.92 Å². The first-order valence-corrected chi connectivity index (χ1v) is 9.27. The van der Waals surface area contributed by atoms with E-state index in [1.807, 2.05) is 19.1 Å². The summed E-state index contributed by atoms with van der Waals surface area (Å²) >= 11 is 9.19. The molecule has 2 aromatic carbocycles. The summed E-state index contributed by atoms with van der Waals surface area (Å²) in [7, 11) is 0. The van der Waals surface area contributed by atoms with Gasteiger partial charge in [-0.3, -0.25) is 14.4 Å². The number of amides is 2.